The zero-order valence-corrected chi connectivity index (χ0v) is 9.84. The van der Waals surface area contributed by atoms with Gasteiger partial charge in [0, 0.05) is 16.2 Å². The topological polar surface area (TPSA) is 63.3 Å². The molecule has 17 heavy (non-hydrogen) atoms. The van der Waals surface area contributed by atoms with E-state index in [1.54, 1.807) is 0 Å². The van der Waals surface area contributed by atoms with E-state index in [2.05, 4.69) is 15.9 Å². The molecule has 0 amide bonds. The number of alkyl halides is 3. The highest BCUT2D eigenvalue weighted by Crippen LogP contribution is 2.36. The fourth-order valence-corrected chi connectivity index (χ4v) is 1.51. The van der Waals surface area contributed by atoms with Gasteiger partial charge in [-0.15, -0.1) is 0 Å². The van der Waals surface area contributed by atoms with Crippen molar-refractivity contribution in [2.45, 2.75) is 6.18 Å². The molecule has 7 heteroatoms. The quantitative estimate of drug-likeness (QED) is 0.651. The van der Waals surface area contributed by atoms with Gasteiger partial charge in [0.2, 0.25) is 0 Å². The zero-order valence-electron chi connectivity index (χ0n) is 8.25. The highest BCUT2D eigenvalue weighted by Gasteiger charge is 2.33. The largest absolute Gasteiger partial charge is 0.478 e. The predicted octanol–water partition coefficient (Wildman–Crippen LogP) is 3.15. The molecule has 0 bridgehead atoms. The molecule has 0 radical (unpaired) electrons. The molecule has 0 atom stereocenters. The van der Waals surface area contributed by atoms with Gasteiger partial charge in [0.1, 0.15) is 0 Å². The number of hydrogen-bond donors (Lipinski definition) is 2. The third-order valence-electron chi connectivity index (χ3n) is 1.88. The monoisotopic (exact) mass is 309 g/mol. The molecule has 0 unspecified atom stereocenters. The minimum absolute atomic E-state index is 0.0650. The zero-order chi connectivity index (χ0) is 13.2. The fourth-order valence-electron chi connectivity index (χ4n) is 1.15. The van der Waals surface area contributed by atoms with Crippen LogP contribution in [-0.2, 0) is 11.0 Å². The van der Waals surface area contributed by atoms with Crippen LogP contribution in [0, 0.1) is 0 Å². The molecule has 1 rings (SSSR count). The van der Waals surface area contributed by atoms with Crippen LogP contribution in [0.1, 0.15) is 11.1 Å². The summed E-state index contributed by atoms with van der Waals surface area (Å²) in [4.78, 5) is 10.3. The number of halogens is 4. The maximum Gasteiger partial charge on any atom is 0.417 e. The van der Waals surface area contributed by atoms with E-state index in [-0.39, 0.29) is 15.7 Å². The predicted molar refractivity (Wildman–Crippen MR) is 60.2 cm³/mol. The first-order valence-electron chi connectivity index (χ1n) is 4.29. The normalized spacial score (nSPS) is 12.0. The summed E-state index contributed by atoms with van der Waals surface area (Å²) in [5.74, 6) is -1.33. The van der Waals surface area contributed by atoms with E-state index in [0.717, 1.165) is 18.2 Å². The number of benzene rings is 1. The molecule has 0 spiro atoms. The lowest BCUT2D eigenvalue weighted by atomic mass is 10.1. The Labute approximate surface area is 103 Å². The number of anilines is 1. The van der Waals surface area contributed by atoms with E-state index in [4.69, 9.17) is 10.8 Å². The van der Waals surface area contributed by atoms with E-state index in [0.29, 0.717) is 6.08 Å². The van der Waals surface area contributed by atoms with Gasteiger partial charge in [0.05, 0.1) is 5.56 Å². The molecule has 0 aliphatic carbocycles. The Hall–Kier alpha value is -1.50. The van der Waals surface area contributed by atoms with Crippen LogP contribution in [0.25, 0.3) is 6.08 Å². The van der Waals surface area contributed by atoms with Gasteiger partial charge in [0.25, 0.3) is 0 Å². The van der Waals surface area contributed by atoms with Gasteiger partial charge in [0.15, 0.2) is 0 Å². The summed E-state index contributed by atoms with van der Waals surface area (Å²) in [6.07, 6.45) is -3.09. The fraction of sp³-hybridized carbons (Fsp3) is 0.100. The molecule has 0 saturated heterocycles. The summed E-state index contributed by atoms with van der Waals surface area (Å²) in [7, 11) is 0. The number of carboxylic acid groups (broad SMARTS) is 1. The van der Waals surface area contributed by atoms with Crippen molar-refractivity contribution in [2.75, 3.05) is 5.73 Å². The third-order valence-corrected chi connectivity index (χ3v) is 2.57. The number of nitrogen functional groups attached to an aromatic ring is 1. The molecule has 0 heterocycles. The van der Waals surface area contributed by atoms with Crippen LogP contribution in [0.2, 0.25) is 0 Å². The van der Waals surface area contributed by atoms with Gasteiger partial charge in [-0.05, 0) is 39.7 Å². The van der Waals surface area contributed by atoms with Crippen LogP contribution < -0.4 is 5.73 Å². The van der Waals surface area contributed by atoms with Crippen LogP contribution in [0.3, 0.4) is 0 Å². The van der Waals surface area contributed by atoms with Crippen molar-refractivity contribution >= 4 is 33.7 Å². The minimum Gasteiger partial charge on any atom is -0.478 e. The number of carboxylic acids is 1. The lowest BCUT2D eigenvalue weighted by molar-refractivity contribution is -0.137. The molecule has 0 aliphatic heterocycles. The number of rotatable bonds is 2. The summed E-state index contributed by atoms with van der Waals surface area (Å²) < 4.78 is 38.2. The molecule has 3 N–H and O–H groups in total. The minimum atomic E-state index is -4.59. The second kappa shape index (κ2) is 4.79. The van der Waals surface area contributed by atoms with Crippen LogP contribution in [-0.4, -0.2) is 11.1 Å². The average molecular weight is 310 g/mol. The molecule has 0 fully saturated rings. The molecule has 1 aromatic rings. The number of hydrogen-bond acceptors (Lipinski definition) is 2. The van der Waals surface area contributed by atoms with E-state index in [1.165, 1.54) is 0 Å². The number of aliphatic carboxylic acids is 1. The maximum absolute atomic E-state index is 12.6. The van der Waals surface area contributed by atoms with Crippen molar-refractivity contribution in [1.29, 1.82) is 0 Å². The second-order valence-corrected chi connectivity index (χ2v) is 3.98. The first-order valence-corrected chi connectivity index (χ1v) is 5.08. The SMILES string of the molecule is Nc1cc(C(F)(F)F)c(/C=C/C(=O)O)cc1Br. The Kier molecular flexibility index (Phi) is 3.82. The molecule has 1 aromatic carbocycles. The Morgan fingerprint density at radius 1 is 1.41 bits per heavy atom. The number of nitrogens with two attached hydrogens (primary N) is 1. The summed E-state index contributed by atoms with van der Waals surface area (Å²) in [6, 6.07) is 1.88. The van der Waals surface area contributed by atoms with Crippen molar-refractivity contribution in [3.8, 4) is 0 Å². The van der Waals surface area contributed by atoms with Crippen molar-refractivity contribution < 1.29 is 23.1 Å². The second-order valence-electron chi connectivity index (χ2n) is 3.13. The molecule has 92 valence electrons. The molecular weight excluding hydrogens is 303 g/mol. The van der Waals surface area contributed by atoms with Crippen LogP contribution in [0.4, 0.5) is 18.9 Å². The van der Waals surface area contributed by atoms with Crippen molar-refractivity contribution in [3.63, 3.8) is 0 Å². The summed E-state index contributed by atoms with van der Waals surface area (Å²) in [5.41, 5.74) is 4.05. The van der Waals surface area contributed by atoms with E-state index in [9.17, 15) is 18.0 Å². The first-order chi connectivity index (χ1) is 7.71. The summed E-state index contributed by atoms with van der Waals surface area (Å²) in [6.45, 7) is 0. The Bertz CT molecular complexity index is 483. The maximum atomic E-state index is 12.6. The summed E-state index contributed by atoms with van der Waals surface area (Å²) >= 11 is 2.98. The third kappa shape index (κ3) is 3.48. The van der Waals surface area contributed by atoms with Gasteiger partial charge in [-0.2, -0.15) is 13.2 Å². The highest BCUT2D eigenvalue weighted by molar-refractivity contribution is 9.10. The molecule has 0 aromatic heterocycles. The highest BCUT2D eigenvalue weighted by atomic mass is 79.9. The van der Waals surface area contributed by atoms with Crippen LogP contribution in [0.15, 0.2) is 22.7 Å². The van der Waals surface area contributed by atoms with Crippen molar-refractivity contribution in [2.24, 2.45) is 0 Å². The van der Waals surface area contributed by atoms with Crippen LogP contribution in [0.5, 0.6) is 0 Å². The first kappa shape index (κ1) is 13.6. The molecular formula is C10H7BrF3NO2. The van der Waals surface area contributed by atoms with Gasteiger partial charge < -0.3 is 10.8 Å². The standard InChI is InChI=1S/C10H7BrF3NO2/c11-7-3-5(1-2-9(16)17)6(4-8(7)15)10(12,13)14/h1-4H,15H2,(H,16,17)/b2-1+. The van der Waals surface area contributed by atoms with E-state index < -0.39 is 17.7 Å². The van der Waals surface area contributed by atoms with Gasteiger partial charge in [-0.25, -0.2) is 4.79 Å². The Morgan fingerprint density at radius 2 is 2.00 bits per heavy atom. The lowest BCUT2D eigenvalue weighted by Crippen LogP contribution is -2.08. The smallest absolute Gasteiger partial charge is 0.417 e. The average Bonchev–Trinajstić information content (AvgIpc) is 2.17. The van der Waals surface area contributed by atoms with E-state index >= 15 is 0 Å². The van der Waals surface area contributed by atoms with Gasteiger partial charge in [-0.3, -0.25) is 0 Å². The number of carbonyl (C=O) groups is 1. The Morgan fingerprint density at radius 3 is 2.47 bits per heavy atom. The van der Waals surface area contributed by atoms with Crippen molar-refractivity contribution in [3.05, 3.63) is 33.8 Å². The van der Waals surface area contributed by atoms with Gasteiger partial charge >= 0.3 is 12.1 Å². The molecule has 3 nitrogen and oxygen atoms in total. The van der Waals surface area contributed by atoms with Gasteiger partial charge in [-0.1, -0.05) is 0 Å². The summed E-state index contributed by atoms with van der Waals surface area (Å²) in [5, 5.41) is 8.39. The lowest BCUT2D eigenvalue weighted by Gasteiger charge is -2.12. The molecule has 0 aliphatic rings. The van der Waals surface area contributed by atoms with Crippen LogP contribution >= 0.6 is 15.9 Å². The molecule has 0 saturated carbocycles. The van der Waals surface area contributed by atoms with E-state index in [1.807, 2.05) is 0 Å². The Balaban J connectivity index is 3.36. The van der Waals surface area contributed by atoms with Crippen molar-refractivity contribution in [1.82, 2.24) is 0 Å².